The van der Waals surface area contributed by atoms with Gasteiger partial charge in [0.15, 0.2) is 40.6 Å². The highest BCUT2D eigenvalue weighted by molar-refractivity contribution is 5.87. The van der Waals surface area contributed by atoms with Crippen molar-refractivity contribution in [3.05, 3.63) is 101 Å². The molecule has 79 heavy (non-hydrogen) atoms. The fraction of sp³-hybridized carbons (Fsp3) is 0.373. The second-order valence-electron chi connectivity index (χ2n) is 18.3. The molecule has 4 aliphatic rings. The Bertz CT molecular complexity index is 2940. The molecule has 0 aromatic heterocycles. The van der Waals surface area contributed by atoms with Gasteiger partial charge in [0, 0.05) is 29.8 Å². The van der Waals surface area contributed by atoms with E-state index in [1.807, 2.05) is 0 Å². The van der Waals surface area contributed by atoms with Gasteiger partial charge in [0.25, 0.3) is 0 Å². The van der Waals surface area contributed by atoms with Gasteiger partial charge in [0.05, 0.1) is 12.2 Å². The largest absolute Gasteiger partial charge is 0.508 e. The molecule has 0 amide bonds. The van der Waals surface area contributed by atoms with Crippen LogP contribution in [0.2, 0.25) is 0 Å². The topological polar surface area (TPSA) is 461 Å². The third-order valence-electron chi connectivity index (χ3n) is 12.8. The quantitative estimate of drug-likeness (QED) is 0.0322. The molecule has 16 atom stereocenters. The molecule has 0 aliphatic carbocycles. The number of aliphatic hydroxyl groups is 10. The number of esters is 2. The third-order valence-corrected chi connectivity index (χ3v) is 12.8. The van der Waals surface area contributed by atoms with Crippen LogP contribution in [0.5, 0.6) is 57.5 Å². The van der Waals surface area contributed by atoms with E-state index in [2.05, 4.69) is 0 Å². The molecule has 0 radical (unpaired) electrons. The Morgan fingerprint density at radius 3 is 1.46 bits per heavy atom. The lowest BCUT2D eigenvalue weighted by molar-refractivity contribution is -0.293. The van der Waals surface area contributed by atoms with E-state index in [9.17, 15) is 96.4 Å². The van der Waals surface area contributed by atoms with Crippen LogP contribution in [0.15, 0.2) is 78.6 Å². The first-order valence-corrected chi connectivity index (χ1v) is 23.8. The zero-order chi connectivity index (χ0) is 57.1. The summed E-state index contributed by atoms with van der Waals surface area (Å²) in [6.07, 6.45) is -24.6. The second-order valence-corrected chi connectivity index (χ2v) is 18.3. The summed E-state index contributed by atoms with van der Waals surface area (Å²) in [6, 6.07) is 11.3. The number of carbonyl (C=O) groups excluding carboxylic acids is 2. The molecule has 8 rings (SSSR count). The Morgan fingerprint density at radius 1 is 0.494 bits per heavy atom. The number of carbonyl (C=O) groups is 2. The van der Waals surface area contributed by atoms with Crippen molar-refractivity contribution in [3.63, 3.8) is 0 Å². The van der Waals surface area contributed by atoms with Crippen LogP contribution in [-0.4, -0.2) is 211 Å². The molecule has 0 spiro atoms. The number of benzene rings is 4. The summed E-state index contributed by atoms with van der Waals surface area (Å²) in [5.74, 6) is -8.13. The number of rotatable bonds is 16. The lowest BCUT2D eigenvalue weighted by Gasteiger charge is -2.41. The molecule has 3 saturated heterocycles. The zero-order valence-electron chi connectivity index (χ0n) is 40.6. The first-order chi connectivity index (χ1) is 37.5. The monoisotopic (exact) mass is 1110 g/mol. The molecule has 426 valence electrons. The number of ether oxygens (including phenoxy) is 9. The number of fused-ring (bicyclic) bond motifs is 1. The summed E-state index contributed by atoms with van der Waals surface area (Å²) in [5.41, 5.74) is 0.165. The lowest BCUT2D eigenvalue weighted by Crippen LogP contribution is -2.60. The Hall–Kier alpha value is -7.68. The van der Waals surface area contributed by atoms with E-state index in [0.29, 0.717) is 5.56 Å². The highest BCUT2D eigenvalue weighted by atomic mass is 16.7. The van der Waals surface area contributed by atoms with E-state index in [1.54, 1.807) is 0 Å². The number of phenols is 7. The van der Waals surface area contributed by atoms with Crippen molar-refractivity contribution in [1.82, 2.24) is 0 Å². The number of aliphatic hydroxyl groups excluding tert-OH is 10. The third kappa shape index (κ3) is 12.8. The predicted molar refractivity (Wildman–Crippen MR) is 258 cm³/mol. The average molecular weight is 1110 g/mol. The smallest absolute Gasteiger partial charge is 0.330 e. The van der Waals surface area contributed by atoms with Crippen LogP contribution in [0, 0.1) is 0 Å². The summed E-state index contributed by atoms with van der Waals surface area (Å²) in [5, 5.41) is 179. The number of hydrogen-bond donors (Lipinski definition) is 17. The summed E-state index contributed by atoms with van der Waals surface area (Å²) < 4.78 is 51.3. The molecule has 0 bridgehead atoms. The van der Waals surface area contributed by atoms with Crippen LogP contribution in [0.25, 0.3) is 18.2 Å². The first kappa shape index (κ1) is 57.5. The Balaban J connectivity index is 1.05. The van der Waals surface area contributed by atoms with Crippen LogP contribution >= 0.6 is 0 Å². The van der Waals surface area contributed by atoms with Gasteiger partial charge in [-0.2, -0.15) is 0 Å². The van der Waals surface area contributed by atoms with Crippen LogP contribution < -0.4 is 14.2 Å². The zero-order valence-corrected chi connectivity index (χ0v) is 40.6. The van der Waals surface area contributed by atoms with Gasteiger partial charge < -0.3 is 129 Å². The van der Waals surface area contributed by atoms with Crippen LogP contribution in [0.1, 0.15) is 28.4 Å². The molecule has 17 N–H and O–H groups in total. The van der Waals surface area contributed by atoms with Crippen molar-refractivity contribution in [3.8, 4) is 57.5 Å². The minimum atomic E-state index is -2.09. The fourth-order valence-corrected chi connectivity index (χ4v) is 8.40. The highest BCUT2D eigenvalue weighted by Gasteiger charge is 2.49. The molecular formula is C51H54O28. The van der Waals surface area contributed by atoms with Gasteiger partial charge >= 0.3 is 11.9 Å². The summed E-state index contributed by atoms with van der Waals surface area (Å²) in [6.45, 7) is -2.39. The van der Waals surface area contributed by atoms with Gasteiger partial charge in [-0.15, -0.1) is 0 Å². The molecule has 28 nitrogen and oxygen atoms in total. The van der Waals surface area contributed by atoms with Gasteiger partial charge in [-0.1, -0.05) is 12.1 Å². The predicted octanol–water partition coefficient (Wildman–Crippen LogP) is -2.20. The van der Waals surface area contributed by atoms with Gasteiger partial charge in [-0.3, -0.25) is 0 Å². The molecule has 3 fully saturated rings. The molecule has 4 aliphatic heterocycles. The van der Waals surface area contributed by atoms with Crippen molar-refractivity contribution in [1.29, 1.82) is 0 Å². The van der Waals surface area contributed by atoms with Gasteiger partial charge in [0.1, 0.15) is 109 Å². The van der Waals surface area contributed by atoms with E-state index in [1.165, 1.54) is 36.4 Å². The summed E-state index contributed by atoms with van der Waals surface area (Å²) >= 11 is 0. The standard InChI is InChI=1S/C51H54O28/c52-16-33-39(62)42(65)45(68)51(77-33)76-32-15-23-29(13-22(53)14-30(23)74-49-46(69)43(66)40(63)34(78-49)17-71-36(59)7-3-19-1-5-24(54)26(56)9-19)73-48(32)21-11-28(58)38(61)31(12-21)75-50-47(70)44(67)41(64)35(79-50)18-72-37(60)8-4-20-2-6-25(55)27(57)10-20/h1-15,33-35,39-58,61-70H,16-18H2/t33?,34?,35?,39-,40-,41-,42?,43+,44+,45?,46?,47?,48?,49-,50-,51-/m1/s1. The van der Waals surface area contributed by atoms with Crippen molar-refractivity contribution in [2.24, 2.45) is 0 Å². The average Bonchev–Trinajstić information content (AvgIpc) is 3.44. The minimum absolute atomic E-state index is 0.175. The Kier molecular flexibility index (Phi) is 17.6. The van der Waals surface area contributed by atoms with E-state index >= 15 is 0 Å². The number of aromatic hydroxyl groups is 7. The molecule has 4 heterocycles. The maximum atomic E-state index is 12.6. The molecule has 4 aromatic carbocycles. The molecular weight excluding hydrogens is 1060 g/mol. The van der Waals surface area contributed by atoms with Crippen molar-refractivity contribution in [2.75, 3.05) is 19.8 Å². The normalized spacial score (nSPS) is 30.7. The molecule has 0 saturated carbocycles. The SMILES string of the molecule is O=C(C=Cc1ccc(O)c(O)c1)OCC1O[C@@H](Oc2cc(C3Oc4cc(O)cc(O[C@@H]5OC(COC(=O)C=Cc6ccc(O)c(O)c6)[C@@H](O)[C@H](O)C5O)c4C=C3O[C@@H]3OC(CO)[C@@H](O)C(O)C3O)cc(O)c2O)C(O)[C@@H](O)[C@@H]1O. The van der Waals surface area contributed by atoms with E-state index in [4.69, 9.17) is 42.6 Å². The van der Waals surface area contributed by atoms with Crippen molar-refractivity contribution in [2.45, 2.75) is 98.2 Å². The molecule has 28 heteroatoms. The van der Waals surface area contributed by atoms with Crippen molar-refractivity contribution < 1.29 is 139 Å². The molecule has 8 unspecified atom stereocenters. The second kappa shape index (κ2) is 24.1. The first-order valence-electron chi connectivity index (χ1n) is 23.8. The summed E-state index contributed by atoms with van der Waals surface area (Å²) in [4.78, 5) is 25.2. The minimum Gasteiger partial charge on any atom is -0.508 e. The fourth-order valence-electron chi connectivity index (χ4n) is 8.40. The van der Waals surface area contributed by atoms with Crippen LogP contribution in [0.4, 0.5) is 0 Å². The van der Waals surface area contributed by atoms with Crippen LogP contribution in [-0.2, 0) is 38.0 Å². The van der Waals surface area contributed by atoms with Crippen molar-refractivity contribution >= 4 is 30.2 Å². The molecule has 4 aromatic rings. The number of phenolic OH excluding ortho intramolecular Hbond substituents is 7. The number of hydrogen-bond acceptors (Lipinski definition) is 28. The highest BCUT2D eigenvalue weighted by Crippen LogP contribution is 2.48. The van der Waals surface area contributed by atoms with Gasteiger partial charge in [-0.25, -0.2) is 9.59 Å². The Morgan fingerprint density at radius 2 is 0.962 bits per heavy atom. The van der Waals surface area contributed by atoms with E-state index in [0.717, 1.165) is 54.6 Å². The lowest BCUT2D eigenvalue weighted by atomic mass is 9.98. The maximum absolute atomic E-state index is 12.6. The Labute approximate surface area is 444 Å². The van der Waals surface area contributed by atoms with Gasteiger partial charge in [-0.05, 0) is 65.8 Å². The van der Waals surface area contributed by atoms with Crippen LogP contribution in [0.3, 0.4) is 0 Å². The van der Waals surface area contributed by atoms with E-state index in [-0.39, 0.29) is 22.4 Å². The van der Waals surface area contributed by atoms with E-state index < -0.39 is 187 Å². The maximum Gasteiger partial charge on any atom is 0.330 e. The summed E-state index contributed by atoms with van der Waals surface area (Å²) in [7, 11) is 0. The van der Waals surface area contributed by atoms with Gasteiger partial charge in [0.2, 0.25) is 24.6 Å².